The Morgan fingerprint density at radius 3 is 2.39 bits per heavy atom. The minimum Gasteiger partial charge on any atom is -0.481 e. The van der Waals surface area contributed by atoms with E-state index in [1.54, 1.807) is 27.7 Å². The molecule has 1 aliphatic heterocycles. The van der Waals surface area contributed by atoms with Crippen LogP contribution in [0.2, 0.25) is 0 Å². The number of carboxylic acids is 1. The number of amides is 1. The second-order valence-electron chi connectivity index (χ2n) is 6.31. The topological polar surface area (TPSA) is 66.8 Å². The molecule has 5 heteroatoms. The van der Waals surface area contributed by atoms with Crippen LogP contribution in [0.3, 0.4) is 0 Å². The average molecular weight is 257 g/mol. The molecule has 0 aromatic carbocycles. The number of nitrogens with zero attached hydrogens (tertiary/aromatic N) is 1. The summed E-state index contributed by atoms with van der Waals surface area (Å²) in [6.07, 6.45) is 0.254. The second kappa shape index (κ2) is 4.78. The fourth-order valence-corrected chi connectivity index (χ4v) is 2.06. The molecule has 1 amide bonds. The quantitative estimate of drug-likeness (QED) is 0.783. The normalized spacial score (nSPS) is 28.9. The summed E-state index contributed by atoms with van der Waals surface area (Å²) in [6.45, 7) is 9.77. The van der Waals surface area contributed by atoms with Gasteiger partial charge in [-0.15, -0.1) is 0 Å². The standard InChI is InChI=1S/C13H23NO4/c1-9-6-7-14(8-13(9,5)10(15)16)11(17)18-12(2,3)4/h9H,6-8H2,1-5H3,(H,15,16). The van der Waals surface area contributed by atoms with Crippen LogP contribution in [-0.2, 0) is 9.53 Å². The average Bonchev–Trinajstić information content (AvgIpc) is 2.19. The largest absolute Gasteiger partial charge is 0.481 e. The first-order valence-corrected chi connectivity index (χ1v) is 6.27. The summed E-state index contributed by atoms with van der Waals surface area (Å²) in [5.74, 6) is -0.808. The Bertz CT molecular complexity index is 347. The van der Waals surface area contributed by atoms with E-state index in [1.807, 2.05) is 6.92 Å². The smallest absolute Gasteiger partial charge is 0.410 e. The van der Waals surface area contributed by atoms with Crippen LogP contribution < -0.4 is 0 Å². The number of ether oxygens (including phenoxy) is 1. The van der Waals surface area contributed by atoms with Crippen LogP contribution in [0, 0.1) is 11.3 Å². The molecule has 5 nitrogen and oxygen atoms in total. The van der Waals surface area contributed by atoms with E-state index in [1.165, 1.54) is 4.90 Å². The van der Waals surface area contributed by atoms with Crippen molar-refractivity contribution in [3.63, 3.8) is 0 Å². The highest BCUT2D eigenvalue weighted by molar-refractivity contribution is 5.77. The number of aliphatic carboxylic acids is 1. The van der Waals surface area contributed by atoms with E-state index in [9.17, 15) is 14.7 Å². The number of hydrogen-bond acceptors (Lipinski definition) is 3. The Morgan fingerprint density at radius 1 is 1.39 bits per heavy atom. The molecular weight excluding hydrogens is 234 g/mol. The maximum Gasteiger partial charge on any atom is 0.410 e. The number of rotatable bonds is 1. The van der Waals surface area contributed by atoms with Crippen molar-refractivity contribution in [3.8, 4) is 0 Å². The lowest BCUT2D eigenvalue weighted by atomic mass is 9.73. The lowest BCUT2D eigenvalue weighted by molar-refractivity contribution is -0.154. The third kappa shape index (κ3) is 3.15. The molecule has 1 rings (SSSR count). The minimum atomic E-state index is -0.894. The highest BCUT2D eigenvalue weighted by Gasteiger charge is 2.45. The molecule has 1 saturated heterocycles. The summed E-state index contributed by atoms with van der Waals surface area (Å²) in [7, 11) is 0. The van der Waals surface area contributed by atoms with Crippen molar-refractivity contribution in [2.45, 2.75) is 46.6 Å². The summed E-state index contributed by atoms with van der Waals surface area (Å²) in [6, 6.07) is 0. The number of piperidine rings is 1. The van der Waals surface area contributed by atoms with Crippen LogP contribution in [0.4, 0.5) is 4.79 Å². The van der Waals surface area contributed by atoms with Crippen molar-refractivity contribution < 1.29 is 19.4 Å². The van der Waals surface area contributed by atoms with Crippen LogP contribution >= 0.6 is 0 Å². The van der Waals surface area contributed by atoms with Crippen molar-refractivity contribution in [2.75, 3.05) is 13.1 Å². The number of carbonyl (C=O) groups is 2. The Labute approximate surface area is 108 Å². The van der Waals surface area contributed by atoms with Gasteiger partial charge in [-0.25, -0.2) is 4.79 Å². The Kier molecular flexibility index (Phi) is 3.93. The van der Waals surface area contributed by atoms with E-state index in [4.69, 9.17) is 4.74 Å². The van der Waals surface area contributed by atoms with Crippen LogP contribution in [0.15, 0.2) is 0 Å². The maximum absolute atomic E-state index is 11.9. The third-order valence-corrected chi connectivity index (χ3v) is 3.58. The lowest BCUT2D eigenvalue weighted by Gasteiger charge is -2.42. The summed E-state index contributed by atoms with van der Waals surface area (Å²) >= 11 is 0. The van der Waals surface area contributed by atoms with Gasteiger partial charge in [-0.1, -0.05) is 6.92 Å². The fourth-order valence-electron chi connectivity index (χ4n) is 2.06. The molecule has 0 saturated carbocycles. The number of likely N-dealkylation sites (tertiary alicyclic amines) is 1. The summed E-state index contributed by atoms with van der Waals surface area (Å²) < 4.78 is 5.28. The van der Waals surface area contributed by atoms with Gasteiger partial charge in [0.05, 0.1) is 5.41 Å². The Balaban J connectivity index is 2.77. The first kappa shape index (κ1) is 14.8. The van der Waals surface area contributed by atoms with Gasteiger partial charge in [0.15, 0.2) is 0 Å². The fraction of sp³-hybridized carbons (Fsp3) is 0.846. The van der Waals surface area contributed by atoms with Crippen molar-refractivity contribution in [2.24, 2.45) is 11.3 Å². The van der Waals surface area contributed by atoms with E-state index in [-0.39, 0.29) is 12.5 Å². The minimum absolute atomic E-state index is 0.0497. The van der Waals surface area contributed by atoms with Gasteiger partial charge in [0.25, 0.3) is 0 Å². The van der Waals surface area contributed by atoms with Gasteiger partial charge in [-0.3, -0.25) is 4.79 Å². The zero-order valence-electron chi connectivity index (χ0n) is 11.8. The highest BCUT2D eigenvalue weighted by atomic mass is 16.6. The number of carboxylic acid groups (broad SMARTS) is 1. The van der Waals surface area contributed by atoms with Crippen molar-refractivity contribution >= 4 is 12.1 Å². The summed E-state index contributed by atoms with van der Waals surface area (Å²) in [4.78, 5) is 24.8. The van der Waals surface area contributed by atoms with Crippen molar-refractivity contribution in [1.29, 1.82) is 0 Å². The van der Waals surface area contributed by atoms with Crippen LogP contribution in [0.5, 0.6) is 0 Å². The summed E-state index contributed by atoms with van der Waals surface area (Å²) in [5, 5.41) is 9.32. The molecule has 0 aromatic heterocycles. The van der Waals surface area contributed by atoms with E-state index < -0.39 is 23.1 Å². The predicted molar refractivity (Wildman–Crippen MR) is 67.3 cm³/mol. The van der Waals surface area contributed by atoms with Gasteiger partial charge in [-0.2, -0.15) is 0 Å². The van der Waals surface area contributed by atoms with Gasteiger partial charge >= 0.3 is 12.1 Å². The molecule has 2 atom stereocenters. The van der Waals surface area contributed by atoms with E-state index >= 15 is 0 Å². The second-order valence-corrected chi connectivity index (χ2v) is 6.31. The Hall–Kier alpha value is -1.26. The van der Waals surface area contributed by atoms with Gasteiger partial charge < -0.3 is 14.7 Å². The molecule has 1 N–H and O–H groups in total. The van der Waals surface area contributed by atoms with Crippen LogP contribution in [0.1, 0.15) is 41.0 Å². The molecule has 1 aliphatic rings. The molecule has 0 aromatic rings. The summed E-state index contributed by atoms with van der Waals surface area (Å²) in [5.41, 5.74) is -1.45. The van der Waals surface area contributed by atoms with Gasteiger partial charge in [0, 0.05) is 13.1 Å². The number of carbonyl (C=O) groups excluding carboxylic acids is 1. The van der Waals surface area contributed by atoms with Crippen LogP contribution in [0.25, 0.3) is 0 Å². The lowest BCUT2D eigenvalue weighted by Crippen LogP contribution is -2.53. The van der Waals surface area contributed by atoms with Gasteiger partial charge in [0.1, 0.15) is 5.60 Å². The molecule has 0 radical (unpaired) electrons. The molecule has 0 spiro atoms. The highest BCUT2D eigenvalue weighted by Crippen LogP contribution is 2.35. The van der Waals surface area contributed by atoms with Crippen LogP contribution in [-0.4, -0.2) is 40.8 Å². The molecule has 104 valence electrons. The molecule has 18 heavy (non-hydrogen) atoms. The molecule has 1 fully saturated rings. The van der Waals surface area contributed by atoms with Crippen molar-refractivity contribution in [1.82, 2.24) is 4.90 Å². The number of hydrogen-bond donors (Lipinski definition) is 1. The molecule has 2 unspecified atom stereocenters. The zero-order chi connectivity index (χ0) is 14.1. The van der Waals surface area contributed by atoms with Crippen molar-refractivity contribution in [3.05, 3.63) is 0 Å². The molecule has 0 aliphatic carbocycles. The van der Waals surface area contributed by atoms with E-state index in [2.05, 4.69) is 0 Å². The monoisotopic (exact) mass is 257 g/mol. The maximum atomic E-state index is 11.9. The Morgan fingerprint density at radius 2 is 1.94 bits per heavy atom. The van der Waals surface area contributed by atoms with Gasteiger partial charge in [-0.05, 0) is 40.0 Å². The zero-order valence-corrected chi connectivity index (χ0v) is 11.8. The molecule has 0 bridgehead atoms. The third-order valence-electron chi connectivity index (χ3n) is 3.58. The van der Waals surface area contributed by atoms with E-state index in [0.29, 0.717) is 13.0 Å². The molecular formula is C13H23NO4. The van der Waals surface area contributed by atoms with Gasteiger partial charge in [0.2, 0.25) is 0 Å². The SMILES string of the molecule is CC1CCN(C(=O)OC(C)(C)C)CC1(C)C(=O)O. The first-order valence-electron chi connectivity index (χ1n) is 6.27. The predicted octanol–water partition coefficient (Wildman–Crippen LogP) is 2.35. The first-order chi connectivity index (χ1) is 8.06. The van der Waals surface area contributed by atoms with E-state index in [0.717, 1.165) is 0 Å². The molecule has 1 heterocycles.